The van der Waals surface area contributed by atoms with E-state index in [1.165, 1.54) is 0 Å². The molecular formula is C25H46N6O7. The first kappa shape index (κ1) is 33.6. The van der Waals surface area contributed by atoms with Gasteiger partial charge in [-0.3, -0.25) is 44.1 Å². The summed E-state index contributed by atoms with van der Waals surface area (Å²) < 4.78 is 0. The molecule has 0 radical (unpaired) electrons. The Hall–Kier alpha value is -2.45. The second-order valence-electron chi connectivity index (χ2n) is 9.56. The number of aldehydes is 1. The van der Waals surface area contributed by atoms with Crippen molar-refractivity contribution in [1.82, 2.24) is 30.2 Å². The van der Waals surface area contributed by atoms with Gasteiger partial charge in [-0.2, -0.15) is 0 Å². The molecule has 1 saturated heterocycles. The maximum atomic E-state index is 12.2. The van der Waals surface area contributed by atoms with Gasteiger partial charge >= 0.3 is 11.9 Å². The highest BCUT2D eigenvalue weighted by Crippen LogP contribution is 2.02. The molecule has 38 heavy (non-hydrogen) atoms. The van der Waals surface area contributed by atoms with Gasteiger partial charge in [0.05, 0.1) is 26.2 Å². The van der Waals surface area contributed by atoms with Crippen molar-refractivity contribution < 1.29 is 34.2 Å². The molecule has 13 heteroatoms. The molecule has 1 rings (SSSR count). The summed E-state index contributed by atoms with van der Waals surface area (Å²) in [6.07, 6.45) is 4.50. The van der Waals surface area contributed by atoms with Gasteiger partial charge in [-0.1, -0.05) is 13.3 Å². The summed E-state index contributed by atoms with van der Waals surface area (Å²) in [4.78, 5) is 64.9. The minimum atomic E-state index is -0.926. The van der Waals surface area contributed by atoms with Gasteiger partial charge < -0.3 is 20.3 Å². The standard InChI is InChI=1S/C25H46N6O7/c1-2-22(33)6-4-3-5-7-27-23(34)18-26-21-31-14-12-29(19-24(35)36)10-8-28(16-17-32)9-11-30(13-15-31)20-25(37)38/h17,26H,2-16,18-21H2,1H3,(H,27,34)(H,35,36)(H,37,38). The van der Waals surface area contributed by atoms with Crippen LogP contribution in [0.4, 0.5) is 0 Å². The van der Waals surface area contributed by atoms with Crippen molar-refractivity contribution in [2.24, 2.45) is 0 Å². The van der Waals surface area contributed by atoms with E-state index in [4.69, 9.17) is 0 Å². The fraction of sp³-hybridized carbons (Fsp3) is 0.800. The van der Waals surface area contributed by atoms with Gasteiger partial charge in [0.2, 0.25) is 5.91 Å². The molecule has 0 aromatic carbocycles. The molecule has 13 nitrogen and oxygen atoms in total. The Morgan fingerprint density at radius 3 is 1.79 bits per heavy atom. The van der Waals surface area contributed by atoms with Crippen LogP contribution >= 0.6 is 0 Å². The van der Waals surface area contributed by atoms with Crippen LogP contribution in [-0.4, -0.2) is 151 Å². The lowest BCUT2D eigenvalue weighted by molar-refractivity contribution is -0.139. The van der Waals surface area contributed by atoms with Crippen molar-refractivity contribution in [2.75, 3.05) is 91.8 Å². The Labute approximate surface area is 225 Å². The van der Waals surface area contributed by atoms with E-state index in [-0.39, 0.29) is 37.9 Å². The van der Waals surface area contributed by atoms with Crippen LogP contribution in [0.25, 0.3) is 0 Å². The predicted molar refractivity (Wildman–Crippen MR) is 142 cm³/mol. The van der Waals surface area contributed by atoms with E-state index in [0.29, 0.717) is 78.4 Å². The smallest absolute Gasteiger partial charge is 0.317 e. The number of unbranched alkanes of at least 4 members (excludes halogenated alkanes) is 2. The second-order valence-corrected chi connectivity index (χ2v) is 9.56. The van der Waals surface area contributed by atoms with E-state index in [0.717, 1.165) is 25.5 Å². The predicted octanol–water partition coefficient (Wildman–Crippen LogP) is -1.22. The molecule has 1 aliphatic rings. The van der Waals surface area contributed by atoms with Crippen molar-refractivity contribution >= 4 is 29.9 Å². The first-order chi connectivity index (χ1) is 18.2. The normalized spacial score (nSPS) is 17.3. The molecule has 218 valence electrons. The second kappa shape index (κ2) is 20.5. The summed E-state index contributed by atoms with van der Waals surface area (Å²) in [7, 11) is 0. The van der Waals surface area contributed by atoms with Crippen LogP contribution in [0.1, 0.15) is 39.0 Å². The molecule has 0 atom stereocenters. The number of carbonyl (C=O) groups is 5. The largest absolute Gasteiger partial charge is 0.480 e. The third-order valence-electron chi connectivity index (χ3n) is 6.45. The Morgan fingerprint density at radius 1 is 0.763 bits per heavy atom. The van der Waals surface area contributed by atoms with Gasteiger partial charge in [0.1, 0.15) is 12.1 Å². The van der Waals surface area contributed by atoms with Gasteiger partial charge in [0.15, 0.2) is 0 Å². The number of carboxylic acid groups (broad SMARTS) is 2. The molecule has 0 spiro atoms. The van der Waals surface area contributed by atoms with Crippen LogP contribution in [0.2, 0.25) is 0 Å². The molecule has 4 N–H and O–H groups in total. The van der Waals surface area contributed by atoms with Gasteiger partial charge in [-0.25, -0.2) is 0 Å². The zero-order valence-electron chi connectivity index (χ0n) is 22.7. The highest BCUT2D eigenvalue weighted by molar-refractivity contribution is 5.78. The van der Waals surface area contributed by atoms with E-state index >= 15 is 0 Å². The Bertz CT molecular complexity index is 707. The first-order valence-electron chi connectivity index (χ1n) is 13.5. The highest BCUT2D eigenvalue weighted by Gasteiger charge is 2.19. The molecule has 1 heterocycles. The van der Waals surface area contributed by atoms with Crippen molar-refractivity contribution in [3.05, 3.63) is 0 Å². The van der Waals surface area contributed by atoms with Crippen LogP contribution in [0.15, 0.2) is 0 Å². The van der Waals surface area contributed by atoms with Crippen molar-refractivity contribution in [3.63, 3.8) is 0 Å². The maximum absolute atomic E-state index is 12.2. The summed E-state index contributed by atoms with van der Waals surface area (Å²) in [6.45, 7) is 6.88. The monoisotopic (exact) mass is 542 g/mol. The maximum Gasteiger partial charge on any atom is 0.317 e. The zero-order valence-corrected chi connectivity index (χ0v) is 22.7. The SMILES string of the molecule is CCC(=O)CCCCCNC(=O)CNCN1CCN(CC(=O)O)CCN(CC=O)CCN(CC(=O)O)CC1. The third-order valence-corrected chi connectivity index (χ3v) is 6.45. The van der Waals surface area contributed by atoms with Gasteiger partial charge in [-0.15, -0.1) is 0 Å². The van der Waals surface area contributed by atoms with Crippen LogP contribution in [0.5, 0.6) is 0 Å². The summed E-state index contributed by atoms with van der Waals surface area (Å²) >= 11 is 0. The molecule has 1 fully saturated rings. The minimum absolute atomic E-state index is 0.115. The lowest BCUT2D eigenvalue weighted by Gasteiger charge is -2.33. The molecule has 0 aromatic rings. The van der Waals surface area contributed by atoms with Crippen molar-refractivity contribution in [2.45, 2.75) is 39.0 Å². The van der Waals surface area contributed by atoms with E-state index in [1.54, 1.807) is 0 Å². The average molecular weight is 543 g/mol. The molecule has 0 bridgehead atoms. The van der Waals surface area contributed by atoms with Gasteiger partial charge in [0, 0.05) is 78.4 Å². The Kier molecular flexibility index (Phi) is 18.1. The van der Waals surface area contributed by atoms with Crippen LogP contribution in [0, 0.1) is 0 Å². The fourth-order valence-corrected chi connectivity index (χ4v) is 4.14. The van der Waals surface area contributed by atoms with Gasteiger partial charge in [0.25, 0.3) is 0 Å². The number of ketones is 1. The number of nitrogens with one attached hydrogen (secondary N) is 2. The summed E-state index contributed by atoms with van der Waals surface area (Å²) in [6, 6.07) is 0. The average Bonchev–Trinajstić information content (AvgIpc) is 2.86. The van der Waals surface area contributed by atoms with Crippen LogP contribution < -0.4 is 10.6 Å². The van der Waals surface area contributed by atoms with E-state index < -0.39 is 11.9 Å². The molecule has 0 aliphatic carbocycles. The number of hydrogen-bond acceptors (Lipinski definition) is 10. The lowest BCUT2D eigenvalue weighted by atomic mass is 10.1. The molecule has 0 unspecified atom stereocenters. The molecule has 0 aromatic heterocycles. The number of rotatable bonds is 17. The Morgan fingerprint density at radius 2 is 1.29 bits per heavy atom. The lowest BCUT2D eigenvalue weighted by Crippen LogP contribution is -2.50. The molecule has 1 amide bonds. The first-order valence-corrected chi connectivity index (χ1v) is 13.5. The number of carboxylic acids is 2. The summed E-state index contributed by atoms with van der Waals surface area (Å²) in [5.41, 5.74) is 0. The highest BCUT2D eigenvalue weighted by atomic mass is 16.4. The van der Waals surface area contributed by atoms with E-state index in [2.05, 4.69) is 10.6 Å². The quantitative estimate of drug-likeness (QED) is 0.128. The number of aliphatic carboxylic acids is 2. The number of carbonyl (C=O) groups excluding carboxylic acids is 3. The third kappa shape index (κ3) is 17.1. The Balaban J connectivity index is 2.59. The fourth-order valence-electron chi connectivity index (χ4n) is 4.14. The molecule has 1 aliphatic heterocycles. The van der Waals surface area contributed by atoms with E-state index in [9.17, 15) is 34.2 Å². The summed E-state index contributed by atoms with van der Waals surface area (Å²) in [5.74, 6) is -1.72. The summed E-state index contributed by atoms with van der Waals surface area (Å²) in [5, 5.41) is 24.6. The number of Topliss-reactive ketones (excluding diaryl/α,β-unsaturated/α-hetero) is 1. The topological polar surface area (TPSA) is 163 Å². The molecular weight excluding hydrogens is 496 g/mol. The number of hydrogen-bond donors (Lipinski definition) is 4. The number of amides is 1. The number of nitrogens with zero attached hydrogens (tertiary/aromatic N) is 4. The van der Waals surface area contributed by atoms with Crippen LogP contribution in [-0.2, 0) is 24.0 Å². The molecule has 0 saturated carbocycles. The van der Waals surface area contributed by atoms with Crippen LogP contribution in [0.3, 0.4) is 0 Å². The zero-order chi connectivity index (χ0) is 28.2. The minimum Gasteiger partial charge on any atom is -0.480 e. The van der Waals surface area contributed by atoms with Crippen molar-refractivity contribution in [3.8, 4) is 0 Å². The van der Waals surface area contributed by atoms with E-state index in [1.807, 2.05) is 26.5 Å². The van der Waals surface area contributed by atoms with Crippen molar-refractivity contribution in [1.29, 1.82) is 0 Å². The van der Waals surface area contributed by atoms with Gasteiger partial charge in [-0.05, 0) is 12.8 Å².